The van der Waals surface area contributed by atoms with Gasteiger partial charge in [0.1, 0.15) is 0 Å². The zero-order chi connectivity index (χ0) is 13.9. The largest absolute Gasteiger partial charge is 0.344 e. The minimum atomic E-state index is 1.14. The van der Waals surface area contributed by atoms with Crippen molar-refractivity contribution in [3.63, 3.8) is 0 Å². The highest BCUT2D eigenvalue weighted by Crippen LogP contribution is 2.31. The fraction of sp³-hybridized carbons (Fsp3) is 0.444. The molecule has 1 aromatic carbocycles. The molecule has 0 spiro atoms. The van der Waals surface area contributed by atoms with E-state index >= 15 is 0 Å². The van der Waals surface area contributed by atoms with E-state index in [1.54, 1.807) is 11.3 Å². The second-order valence-electron chi connectivity index (χ2n) is 6.03. The Kier molecular flexibility index (Phi) is 3.93. The van der Waals surface area contributed by atoms with Crippen LogP contribution in [0.25, 0.3) is 11.3 Å². The Labute approximate surface area is 122 Å². The summed E-state index contributed by atoms with van der Waals surface area (Å²) in [4.78, 5) is 2.27. The van der Waals surface area contributed by atoms with Crippen LogP contribution in [0.4, 0.5) is 0 Å². The summed E-state index contributed by atoms with van der Waals surface area (Å²) in [6.45, 7) is 2.29. The molecule has 106 valence electrons. The van der Waals surface area contributed by atoms with Gasteiger partial charge in [0.25, 0.3) is 0 Å². The molecule has 0 fully saturated rings. The number of fused-ring (bicyclic) bond motifs is 1. The molecule has 0 saturated carbocycles. The van der Waals surface area contributed by atoms with Crippen LogP contribution in [0.2, 0.25) is 0 Å². The quantitative estimate of drug-likeness (QED) is 0.804. The van der Waals surface area contributed by atoms with Crippen molar-refractivity contribution in [1.82, 2.24) is 9.47 Å². The first-order valence-electron chi connectivity index (χ1n) is 7.67. The molecule has 1 aliphatic rings. The van der Waals surface area contributed by atoms with Gasteiger partial charge in [0.2, 0.25) is 0 Å². The monoisotopic (exact) mass is 268 g/mol. The van der Waals surface area contributed by atoms with Crippen LogP contribution < -0.4 is 0 Å². The highest BCUT2D eigenvalue weighted by atomic mass is 15.1. The lowest BCUT2D eigenvalue weighted by atomic mass is 10.1. The van der Waals surface area contributed by atoms with E-state index in [0.29, 0.717) is 0 Å². The highest BCUT2D eigenvalue weighted by molar-refractivity contribution is 5.63. The molecule has 1 aromatic heterocycles. The van der Waals surface area contributed by atoms with Gasteiger partial charge in [0.05, 0.1) is 0 Å². The Morgan fingerprint density at radius 1 is 1.10 bits per heavy atom. The summed E-state index contributed by atoms with van der Waals surface area (Å²) >= 11 is 0. The summed E-state index contributed by atoms with van der Waals surface area (Å²) in [5.74, 6) is 0. The van der Waals surface area contributed by atoms with Gasteiger partial charge in [-0.3, -0.25) is 0 Å². The van der Waals surface area contributed by atoms with Crippen molar-refractivity contribution in [3.8, 4) is 11.3 Å². The third-order valence-corrected chi connectivity index (χ3v) is 4.21. The van der Waals surface area contributed by atoms with E-state index in [1.807, 2.05) is 0 Å². The maximum Gasteiger partial charge on any atom is 0.0485 e. The van der Waals surface area contributed by atoms with Crippen molar-refractivity contribution < 1.29 is 0 Å². The molecule has 3 rings (SSSR count). The van der Waals surface area contributed by atoms with Crippen LogP contribution in [0, 0.1) is 0 Å². The van der Waals surface area contributed by atoms with E-state index in [4.69, 9.17) is 0 Å². The lowest BCUT2D eigenvalue weighted by Gasteiger charge is -2.15. The minimum absolute atomic E-state index is 1.14. The maximum absolute atomic E-state index is 2.57. The summed E-state index contributed by atoms with van der Waals surface area (Å²) in [6.07, 6.45) is 5.06. The summed E-state index contributed by atoms with van der Waals surface area (Å²) < 4.78 is 2.57. The van der Waals surface area contributed by atoms with Crippen LogP contribution in [0.3, 0.4) is 0 Å². The summed E-state index contributed by atoms with van der Waals surface area (Å²) in [7, 11) is 4.30. The van der Waals surface area contributed by atoms with Crippen LogP contribution in [0.15, 0.2) is 36.4 Å². The lowest BCUT2D eigenvalue weighted by Crippen LogP contribution is -2.16. The fourth-order valence-electron chi connectivity index (χ4n) is 3.25. The molecule has 0 bridgehead atoms. The standard InChI is InChI=1S/C18H24N2/c1-19(2)12-7-13-20-17-11-6-10-16(17)14-18(20)15-8-4-3-5-9-15/h3-5,8-9,14H,6-7,10-13H2,1-2H3. The van der Waals surface area contributed by atoms with Gasteiger partial charge in [-0.2, -0.15) is 0 Å². The van der Waals surface area contributed by atoms with E-state index in [-0.39, 0.29) is 0 Å². The van der Waals surface area contributed by atoms with E-state index < -0.39 is 0 Å². The second-order valence-corrected chi connectivity index (χ2v) is 6.03. The van der Waals surface area contributed by atoms with Crippen LogP contribution in [-0.2, 0) is 19.4 Å². The van der Waals surface area contributed by atoms with Crippen molar-refractivity contribution in [2.45, 2.75) is 32.2 Å². The maximum atomic E-state index is 2.57. The van der Waals surface area contributed by atoms with Crippen molar-refractivity contribution in [1.29, 1.82) is 0 Å². The fourth-order valence-corrected chi connectivity index (χ4v) is 3.25. The highest BCUT2D eigenvalue weighted by Gasteiger charge is 2.19. The Balaban J connectivity index is 1.90. The Morgan fingerprint density at radius 2 is 1.90 bits per heavy atom. The van der Waals surface area contributed by atoms with Gasteiger partial charge in [-0.15, -0.1) is 0 Å². The molecule has 2 aromatic rings. The van der Waals surface area contributed by atoms with Crippen LogP contribution >= 0.6 is 0 Å². The van der Waals surface area contributed by atoms with Gasteiger partial charge in [-0.1, -0.05) is 30.3 Å². The Morgan fingerprint density at radius 3 is 2.65 bits per heavy atom. The second kappa shape index (κ2) is 5.84. The molecule has 0 N–H and O–H groups in total. The van der Waals surface area contributed by atoms with Gasteiger partial charge >= 0.3 is 0 Å². The smallest absolute Gasteiger partial charge is 0.0485 e. The van der Waals surface area contributed by atoms with Gasteiger partial charge in [-0.05, 0) is 63.5 Å². The number of hydrogen-bond donors (Lipinski definition) is 0. The third-order valence-electron chi connectivity index (χ3n) is 4.21. The molecule has 20 heavy (non-hydrogen) atoms. The molecular weight excluding hydrogens is 244 g/mol. The number of rotatable bonds is 5. The van der Waals surface area contributed by atoms with E-state index in [9.17, 15) is 0 Å². The van der Waals surface area contributed by atoms with E-state index in [2.05, 4.69) is 60.0 Å². The summed E-state index contributed by atoms with van der Waals surface area (Å²) in [5, 5.41) is 0. The van der Waals surface area contributed by atoms with Crippen molar-refractivity contribution in [2.75, 3.05) is 20.6 Å². The predicted octanol–water partition coefficient (Wildman–Crippen LogP) is 3.60. The van der Waals surface area contributed by atoms with Gasteiger partial charge in [-0.25, -0.2) is 0 Å². The summed E-state index contributed by atoms with van der Waals surface area (Å²) in [5.41, 5.74) is 5.93. The third kappa shape index (κ3) is 2.66. The van der Waals surface area contributed by atoms with Crippen molar-refractivity contribution in [2.24, 2.45) is 0 Å². The van der Waals surface area contributed by atoms with Crippen molar-refractivity contribution in [3.05, 3.63) is 47.7 Å². The Hall–Kier alpha value is -1.54. The zero-order valence-corrected chi connectivity index (χ0v) is 12.6. The number of aryl methyl sites for hydroxylation is 1. The average molecular weight is 268 g/mol. The molecule has 0 aliphatic heterocycles. The minimum Gasteiger partial charge on any atom is -0.344 e. The average Bonchev–Trinajstić information content (AvgIpc) is 3.01. The lowest BCUT2D eigenvalue weighted by molar-refractivity contribution is 0.386. The zero-order valence-electron chi connectivity index (χ0n) is 12.6. The molecule has 1 aliphatic carbocycles. The van der Waals surface area contributed by atoms with E-state index in [0.717, 1.165) is 13.1 Å². The normalized spacial score (nSPS) is 13.9. The molecule has 0 unspecified atom stereocenters. The first-order chi connectivity index (χ1) is 9.75. The molecule has 0 radical (unpaired) electrons. The van der Waals surface area contributed by atoms with Crippen LogP contribution in [0.1, 0.15) is 24.1 Å². The molecule has 0 saturated heterocycles. The van der Waals surface area contributed by atoms with Gasteiger partial charge in [0.15, 0.2) is 0 Å². The molecule has 1 heterocycles. The van der Waals surface area contributed by atoms with Crippen LogP contribution in [-0.4, -0.2) is 30.1 Å². The number of hydrogen-bond acceptors (Lipinski definition) is 1. The molecule has 2 heteroatoms. The van der Waals surface area contributed by atoms with Gasteiger partial charge < -0.3 is 9.47 Å². The van der Waals surface area contributed by atoms with Crippen LogP contribution in [0.5, 0.6) is 0 Å². The first-order valence-corrected chi connectivity index (χ1v) is 7.67. The number of aromatic nitrogens is 1. The first kappa shape index (κ1) is 13.4. The van der Waals surface area contributed by atoms with Crippen molar-refractivity contribution >= 4 is 0 Å². The Bertz CT molecular complexity index is 567. The number of nitrogens with zero attached hydrogens (tertiary/aromatic N) is 2. The topological polar surface area (TPSA) is 8.17 Å². The van der Waals surface area contributed by atoms with E-state index in [1.165, 1.54) is 36.9 Å². The predicted molar refractivity (Wildman–Crippen MR) is 85.1 cm³/mol. The molecule has 0 amide bonds. The molecule has 0 atom stereocenters. The number of benzene rings is 1. The summed E-state index contributed by atoms with van der Waals surface area (Å²) in [6, 6.07) is 13.2. The molecule has 2 nitrogen and oxygen atoms in total. The SMILES string of the molecule is CN(C)CCCn1c(-c2ccccc2)cc2c1CCC2. The van der Waals surface area contributed by atoms with Gasteiger partial charge in [0, 0.05) is 17.9 Å². The molecular formula is C18H24N2.